The van der Waals surface area contributed by atoms with E-state index in [0.717, 1.165) is 43.9 Å². The molecule has 0 nitrogen and oxygen atoms in total. The van der Waals surface area contributed by atoms with Gasteiger partial charge in [-0.2, -0.15) is 0 Å². The van der Waals surface area contributed by atoms with Crippen molar-refractivity contribution >= 4 is 0 Å². The van der Waals surface area contributed by atoms with E-state index in [4.69, 9.17) is 0 Å². The molecule has 0 bridgehead atoms. The van der Waals surface area contributed by atoms with E-state index in [2.05, 4.69) is 11.8 Å². The minimum absolute atomic E-state index is 0.0544. The van der Waals surface area contributed by atoms with Crippen molar-refractivity contribution in [1.82, 2.24) is 0 Å². The van der Waals surface area contributed by atoms with Crippen molar-refractivity contribution in [3.8, 4) is 11.8 Å². The van der Waals surface area contributed by atoms with Crippen LogP contribution in [-0.4, -0.2) is 0 Å². The second-order valence-corrected chi connectivity index (χ2v) is 9.31. The van der Waals surface area contributed by atoms with E-state index in [1.165, 1.54) is 50.7 Å². The number of hydrogen-bond acceptors (Lipinski definition) is 0. The van der Waals surface area contributed by atoms with E-state index in [9.17, 15) is 13.2 Å². The highest BCUT2D eigenvalue weighted by Gasteiger charge is 2.24. The first-order valence-corrected chi connectivity index (χ1v) is 11.9. The van der Waals surface area contributed by atoms with Gasteiger partial charge in [-0.25, -0.2) is 13.2 Å². The number of allylic oxidation sites excluding steroid dienone is 1. The van der Waals surface area contributed by atoms with Crippen LogP contribution in [0.3, 0.4) is 0 Å². The summed E-state index contributed by atoms with van der Waals surface area (Å²) in [5.74, 6) is 7.21. The van der Waals surface area contributed by atoms with Crippen LogP contribution in [0.4, 0.5) is 13.2 Å². The third-order valence-corrected chi connectivity index (χ3v) is 7.16. The standard InChI is InChI=1S/C27H35F3/c1-2-3-24-15-17-26(29)25(27(24)30)16-14-22-8-6-20(7-9-22)4-5-21-10-12-23(13-11-21)18-19-28/h15,17-23H,2-13H2,1H3/b19-18+/t20-,21?,22-,23?. The second-order valence-electron chi connectivity index (χ2n) is 9.31. The van der Waals surface area contributed by atoms with Crippen LogP contribution in [0.25, 0.3) is 0 Å². The van der Waals surface area contributed by atoms with Gasteiger partial charge in [-0.3, -0.25) is 0 Å². The largest absolute Gasteiger partial charge is 0.216 e. The molecule has 0 saturated heterocycles. The third-order valence-electron chi connectivity index (χ3n) is 7.16. The van der Waals surface area contributed by atoms with Gasteiger partial charge in [0.1, 0.15) is 11.6 Å². The molecule has 0 unspecified atom stereocenters. The SMILES string of the molecule is CCCc1ccc(F)c(C#C[C@H]2CC[C@H](CCC3CCC(/C=C/F)CC3)CC2)c1F. The van der Waals surface area contributed by atoms with E-state index >= 15 is 0 Å². The van der Waals surface area contributed by atoms with Crippen LogP contribution in [-0.2, 0) is 6.42 Å². The van der Waals surface area contributed by atoms with Crippen molar-refractivity contribution in [2.75, 3.05) is 0 Å². The Morgan fingerprint density at radius 1 is 0.933 bits per heavy atom. The average molecular weight is 417 g/mol. The molecule has 0 amide bonds. The highest BCUT2D eigenvalue weighted by atomic mass is 19.1. The quantitative estimate of drug-likeness (QED) is 0.411. The van der Waals surface area contributed by atoms with Gasteiger partial charge in [0, 0.05) is 5.92 Å². The van der Waals surface area contributed by atoms with E-state index in [-0.39, 0.29) is 11.5 Å². The summed E-state index contributed by atoms with van der Waals surface area (Å²) in [6, 6.07) is 2.88. The Balaban J connectivity index is 1.44. The van der Waals surface area contributed by atoms with E-state index < -0.39 is 11.6 Å². The maximum Gasteiger partial charge on any atom is 0.144 e. The highest BCUT2D eigenvalue weighted by Crippen LogP contribution is 2.36. The Morgan fingerprint density at radius 2 is 1.57 bits per heavy atom. The molecule has 3 rings (SSSR count). The molecule has 0 spiro atoms. The first kappa shape index (κ1) is 23.0. The lowest BCUT2D eigenvalue weighted by atomic mass is 9.75. The lowest BCUT2D eigenvalue weighted by Gasteiger charge is -2.30. The summed E-state index contributed by atoms with van der Waals surface area (Å²) in [4.78, 5) is 0. The van der Waals surface area contributed by atoms with Crippen LogP contribution in [0.5, 0.6) is 0 Å². The van der Waals surface area contributed by atoms with Crippen LogP contribution < -0.4 is 0 Å². The topological polar surface area (TPSA) is 0 Å². The fourth-order valence-corrected chi connectivity index (χ4v) is 5.19. The average Bonchev–Trinajstić information content (AvgIpc) is 2.76. The molecular weight excluding hydrogens is 381 g/mol. The van der Waals surface area contributed by atoms with Crippen molar-refractivity contribution in [2.45, 2.75) is 84.0 Å². The molecule has 2 fully saturated rings. The molecule has 0 heterocycles. The fraction of sp³-hybridized carbons (Fsp3) is 0.630. The second kappa shape index (κ2) is 11.6. The van der Waals surface area contributed by atoms with Crippen LogP contribution in [0.15, 0.2) is 24.5 Å². The van der Waals surface area contributed by atoms with Crippen LogP contribution in [0.2, 0.25) is 0 Å². The van der Waals surface area contributed by atoms with Gasteiger partial charge in [0.2, 0.25) is 0 Å². The molecule has 2 aliphatic carbocycles. The Labute approximate surface area is 180 Å². The molecule has 0 atom stereocenters. The zero-order valence-electron chi connectivity index (χ0n) is 18.2. The Kier molecular flexibility index (Phi) is 8.91. The number of hydrogen-bond donors (Lipinski definition) is 0. The summed E-state index contributed by atoms with van der Waals surface area (Å²) in [5.41, 5.74) is 0.503. The molecular formula is C27H35F3. The number of aryl methyl sites for hydroxylation is 1. The monoisotopic (exact) mass is 416 g/mol. The van der Waals surface area contributed by atoms with Gasteiger partial charge in [-0.15, -0.1) is 0 Å². The first-order valence-electron chi connectivity index (χ1n) is 11.9. The highest BCUT2D eigenvalue weighted by molar-refractivity contribution is 5.40. The molecule has 1 aromatic carbocycles. The van der Waals surface area contributed by atoms with E-state index in [1.807, 2.05) is 6.92 Å². The summed E-state index contributed by atoms with van der Waals surface area (Å²) in [6.45, 7) is 1.99. The molecule has 0 N–H and O–H groups in total. The molecule has 164 valence electrons. The normalized spacial score (nSPS) is 27.1. The molecule has 0 radical (unpaired) electrons. The number of rotatable bonds is 6. The molecule has 0 aromatic heterocycles. The van der Waals surface area contributed by atoms with Gasteiger partial charge < -0.3 is 0 Å². The molecule has 3 heteroatoms. The maximum atomic E-state index is 14.5. The van der Waals surface area contributed by atoms with Crippen molar-refractivity contribution in [3.63, 3.8) is 0 Å². The van der Waals surface area contributed by atoms with Crippen LogP contribution >= 0.6 is 0 Å². The predicted octanol–water partition coefficient (Wildman–Crippen LogP) is 8.15. The summed E-state index contributed by atoms with van der Waals surface area (Å²) in [6.07, 6.45) is 15.5. The third kappa shape index (κ3) is 6.40. The number of benzene rings is 1. The van der Waals surface area contributed by atoms with Crippen molar-refractivity contribution in [2.24, 2.45) is 23.7 Å². The van der Waals surface area contributed by atoms with Gasteiger partial charge in [0.15, 0.2) is 0 Å². The molecule has 0 aliphatic heterocycles. The Bertz CT molecular complexity index is 754. The van der Waals surface area contributed by atoms with Gasteiger partial charge in [0.05, 0.1) is 11.9 Å². The zero-order valence-corrected chi connectivity index (χ0v) is 18.2. The Morgan fingerprint density at radius 3 is 2.17 bits per heavy atom. The van der Waals surface area contributed by atoms with Crippen molar-refractivity contribution < 1.29 is 13.2 Å². The molecule has 2 saturated carbocycles. The smallest absolute Gasteiger partial charge is 0.144 e. The first-order chi connectivity index (χ1) is 14.6. The van der Waals surface area contributed by atoms with Crippen molar-refractivity contribution in [1.29, 1.82) is 0 Å². The minimum atomic E-state index is -0.551. The summed E-state index contributed by atoms with van der Waals surface area (Å²) >= 11 is 0. The molecule has 1 aromatic rings. The van der Waals surface area contributed by atoms with Gasteiger partial charge in [0.25, 0.3) is 0 Å². The lowest BCUT2D eigenvalue weighted by Crippen LogP contribution is -2.17. The lowest BCUT2D eigenvalue weighted by molar-refractivity contribution is 0.242. The molecule has 30 heavy (non-hydrogen) atoms. The number of halogens is 3. The van der Waals surface area contributed by atoms with Gasteiger partial charge in [-0.05, 0) is 87.2 Å². The summed E-state index contributed by atoms with van der Waals surface area (Å²) in [5, 5.41) is 0. The Hall–Kier alpha value is -1.69. The van der Waals surface area contributed by atoms with E-state index in [0.29, 0.717) is 24.2 Å². The predicted molar refractivity (Wildman–Crippen MR) is 118 cm³/mol. The van der Waals surface area contributed by atoms with Crippen LogP contribution in [0.1, 0.15) is 88.7 Å². The summed E-state index contributed by atoms with van der Waals surface area (Å²) in [7, 11) is 0. The fourth-order valence-electron chi connectivity index (χ4n) is 5.19. The minimum Gasteiger partial charge on any atom is -0.216 e. The van der Waals surface area contributed by atoms with Crippen molar-refractivity contribution in [3.05, 3.63) is 47.3 Å². The summed E-state index contributed by atoms with van der Waals surface area (Å²) < 4.78 is 40.9. The zero-order chi connectivity index (χ0) is 21.3. The molecule has 2 aliphatic rings. The maximum absolute atomic E-state index is 14.5. The van der Waals surface area contributed by atoms with Gasteiger partial charge in [-0.1, -0.05) is 50.2 Å². The van der Waals surface area contributed by atoms with Gasteiger partial charge >= 0.3 is 0 Å². The van der Waals surface area contributed by atoms with E-state index in [1.54, 1.807) is 6.08 Å². The van der Waals surface area contributed by atoms with Crippen LogP contribution in [0, 0.1) is 47.1 Å².